The van der Waals surface area contributed by atoms with Gasteiger partial charge in [0.1, 0.15) is 5.75 Å². The lowest BCUT2D eigenvalue weighted by Crippen LogP contribution is -2.49. The van der Waals surface area contributed by atoms with Crippen LogP contribution in [0.25, 0.3) is 0 Å². The van der Waals surface area contributed by atoms with Gasteiger partial charge in [-0.25, -0.2) is 9.59 Å². The number of carbonyl (C=O) groups is 5. The zero-order valence-electron chi connectivity index (χ0n) is 27.4. The van der Waals surface area contributed by atoms with Gasteiger partial charge >= 0.3 is 18.0 Å². The van der Waals surface area contributed by atoms with E-state index in [1.54, 1.807) is 44.1 Å². The molecule has 3 N–H and O–H groups in total. The maximum absolute atomic E-state index is 13.4. The number of methoxy groups -OCH3 is 1. The number of ether oxygens (including phenoxy) is 1. The van der Waals surface area contributed by atoms with Gasteiger partial charge in [0.2, 0.25) is 11.8 Å². The zero-order chi connectivity index (χ0) is 33.8. The fourth-order valence-corrected chi connectivity index (χ4v) is 5.23. The average Bonchev–Trinajstić information content (AvgIpc) is 3.43. The maximum Gasteiger partial charge on any atom is 0.323 e. The molecule has 1 heterocycles. The highest BCUT2D eigenvalue weighted by Crippen LogP contribution is 2.26. The van der Waals surface area contributed by atoms with Crippen molar-refractivity contribution in [2.24, 2.45) is 0 Å². The number of likely N-dealkylation sites (N-methyl/N-ethyl adjacent to an activating group) is 2. The Labute approximate surface area is 270 Å². The van der Waals surface area contributed by atoms with Crippen LogP contribution in [0, 0.1) is 6.92 Å². The highest BCUT2D eigenvalue weighted by molar-refractivity contribution is 6.01. The molecule has 46 heavy (non-hydrogen) atoms. The molecule has 0 spiro atoms. The summed E-state index contributed by atoms with van der Waals surface area (Å²) in [6.07, 6.45) is 1.79. The summed E-state index contributed by atoms with van der Waals surface area (Å²) in [5.41, 5.74) is 2.75. The molecule has 1 saturated heterocycles. The first-order chi connectivity index (χ1) is 21.9. The minimum Gasteiger partial charge on any atom is -0.495 e. The predicted octanol–water partition coefficient (Wildman–Crippen LogP) is 3.88. The van der Waals surface area contributed by atoms with E-state index >= 15 is 0 Å². The second-order valence-corrected chi connectivity index (χ2v) is 11.6. The zero-order valence-corrected chi connectivity index (χ0v) is 27.4. The lowest BCUT2D eigenvalue weighted by Gasteiger charge is -2.33. The number of aliphatic carboxylic acids is 1. The van der Waals surface area contributed by atoms with Crippen molar-refractivity contribution < 1.29 is 33.8 Å². The van der Waals surface area contributed by atoms with E-state index in [4.69, 9.17) is 4.74 Å². The summed E-state index contributed by atoms with van der Waals surface area (Å²) >= 11 is 0. The molecule has 1 aliphatic heterocycles. The van der Waals surface area contributed by atoms with E-state index in [9.17, 15) is 29.1 Å². The molecule has 2 aromatic carbocycles. The van der Waals surface area contributed by atoms with Crippen molar-refractivity contribution in [3.8, 4) is 5.75 Å². The van der Waals surface area contributed by atoms with E-state index in [1.807, 2.05) is 31.2 Å². The molecule has 13 heteroatoms. The number of anilines is 2. The number of hydrogen-bond donors (Lipinski definition) is 3. The fraction of sp³-hybridized carbons (Fsp3) is 0.485. The summed E-state index contributed by atoms with van der Waals surface area (Å²) in [4.78, 5) is 68.6. The predicted molar refractivity (Wildman–Crippen MR) is 175 cm³/mol. The quantitative estimate of drug-likeness (QED) is 0.268. The van der Waals surface area contributed by atoms with Gasteiger partial charge in [-0.05, 0) is 56.0 Å². The molecule has 0 radical (unpaired) electrons. The lowest BCUT2D eigenvalue weighted by atomic mass is 10.1. The SMILES string of the molecule is COc1cc(CC(=O)N(C)CCN(C)C(=O)N(CCCN2CCCC2=O)C(C)CC(=O)O)ccc1NC(=O)Nc1ccccc1C. The van der Waals surface area contributed by atoms with Gasteiger partial charge in [-0.15, -0.1) is 0 Å². The van der Waals surface area contributed by atoms with Crippen LogP contribution in [-0.4, -0.2) is 115 Å². The second-order valence-electron chi connectivity index (χ2n) is 11.6. The molecule has 1 atom stereocenters. The monoisotopic (exact) mass is 638 g/mol. The number of urea groups is 2. The molecule has 0 bridgehead atoms. The van der Waals surface area contributed by atoms with Gasteiger partial charge in [0.05, 0.1) is 25.6 Å². The Morgan fingerprint density at radius 2 is 1.70 bits per heavy atom. The smallest absolute Gasteiger partial charge is 0.323 e. The Hall–Kier alpha value is -4.81. The summed E-state index contributed by atoms with van der Waals surface area (Å²) in [6.45, 7) is 5.64. The van der Waals surface area contributed by atoms with Crippen LogP contribution >= 0.6 is 0 Å². The number of nitrogens with zero attached hydrogens (tertiary/aromatic N) is 4. The number of amides is 6. The van der Waals surface area contributed by atoms with Gasteiger partial charge in [0.25, 0.3) is 0 Å². The summed E-state index contributed by atoms with van der Waals surface area (Å²) in [5, 5.41) is 14.9. The van der Waals surface area contributed by atoms with E-state index in [0.717, 1.165) is 12.0 Å². The largest absolute Gasteiger partial charge is 0.495 e. The van der Waals surface area contributed by atoms with Gasteiger partial charge < -0.3 is 40.1 Å². The minimum atomic E-state index is -1.00. The van der Waals surface area contributed by atoms with Crippen LogP contribution in [-0.2, 0) is 20.8 Å². The van der Waals surface area contributed by atoms with Crippen LogP contribution in [0.1, 0.15) is 43.7 Å². The van der Waals surface area contributed by atoms with E-state index in [0.29, 0.717) is 55.2 Å². The first-order valence-electron chi connectivity index (χ1n) is 15.4. The molecule has 1 unspecified atom stereocenters. The van der Waals surface area contributed by atoms with Crippen LogP contribution in [0.15, 0.2) is 42.5 Å². The number of hydrogen-bond acceptors (Lipinski definition) is 6. The fourth-order valence-electron chi connectivity index (χ4n) is 5.23. The number of benzene rings is 2. The normalized spacial score (nSPS) is 13.2. The van der Waals surface area contributed by atoms with Gasteiger partial charge in [-0.3, -0.25) is 14.4 Å². The summed E-state index contributed by atoms with van der Waals surface area (Å²) < 4.78 is 5.46. The summed E-state index contributed by atoms with van der Waals surface area (Å²) in [6, 6.07) is 11.2. The number of carbonyl (C=O) groups excluding carboxylic acids is 4. The molecular weight excluding hydrogens is 592 g/mol. The molecule has 13 nitrogen and oxygen atoms in total. The van der Waals surface area contributed by atoms with Crippen LogP contribution in [0.5, 0.6) is 5.75 Å². The lowest BCUT2D eigenvalue weighted by molar-refractivity contribution is -0.138. The molecule has 0 aromatic heterocycles. The molecule has 250 valence electrons. The number of para-hydroxylation sites is 1. The number of carboxylic acids is 1. The van der Waals surface area contributed by atoms with Crippen molar-refractivity contribution >= 4 is 41.2 Å². The van der Waals surface area contributed by atoms with Crippen LogP contribution in [0.3, 0.4) is 0 Å². The van der Waals surface area contributed by atoms with Crippen molar-refractivity contribution in [3.63, 3.8) is 0 Å². The molecule has 0 aliphatic carbocycles. The van der Waals surface area contributed by atoms with Gasteiger partial charge in [-0.2, -0.15) is 0 Å². The number of rotatable bonds is 15. The Bertz CT molecular complexity index is 1400. The summed E-state index contributed by atoms with van der Waals surface area (Å²) in [7, 11) is 4.76. The van der Waals surface area contributed by atoms with Crippen molar-refractivity contribution in [3.05, 3.63) is 53.6 Å². The Balaban J connectivity index is 1.53. The van der Waals surface area contributed by atoms with Crippen LogP contribution in [0.2, 0.25) is 0 Å². The topological polar surface area (TPSA) is 152 Å². The highest BCUT2D eigenvalue weighted by atomic mass is 16.5. The third-order valence-corrected chi connectivity index (χ3v) is 8.03. The third-order valence-electron chi connectivity index (χ3n) is 8.03. The molecular formula is C33H46N6O7. The number of carboxylic acid groups (broad SMARTS) is 1. The molecule has 0 saturated carbocycles. The van der Waals surface area contributed by atoms with Crippen LogP contribution in [0.4, 0.5) is 21.0 Å². The number of nitrogens with one attached hydrogen (secondary N) is 2. The van der Waals surface area contributed by atoms with Crippen molar-refractivity contribution in [1.82, 2.24) is 19.6 Å². The van der Waals surface area contributed by atoms with E-state index in [-0.39, 0.29) is 43.8 Å². The highest BCUT2D eigenvalue weighted by Gasteiger charge is 2.26. The first kappa shape index (κ1) is 35.7. The Morgan fingerprint density at radius 1 is 1.00 bits per heavy atom. The first-order valence-corrected chi connectivity index (χ1v) is 15.4. The van der Waals surface area contributed by atoms with Crippen molar-refractivity contribution in [1.29, 1.82) is 0 Å². The second kappa shape index (κ2) is 17.0. The summed E-state index contributed by atoms with van der Waals surface area (Å²) in [5.74, 6) is -0.664. The molecule has 2 aromatic rings. The van der Waals surface area contributed by atoms with Crippen molar-refractivity contribution in [2.75, 3.05) is 64.6 Å². The average molecular weight is 639 g/mol. The van der Waals surface area contributed by atoms with Gasteiger partial charge in [0, 0.05) is 65.0 Å². The minimum absolute atomic E-state index is 0.0806. The third kappa shape index (κ3) is 10.4. The Kier molecular flexibility index (Phi) is 13.2. The van der Waals surface area contributed by atoms with E-state index < -0.39 is 18.0 Å². The van der Waals surface area contributed by atoms with E-state index in [2.05, 4.69) is 10.6 Å². The number of likely N-dealkylation sites (tertiary alicyclic amines) is 1. The molecule has 6 amide bonds. The number of aryl methyl sites for hydroxylation is 1. The van der Waals surface area contributed by atoms with Gasteiger partial charge in [-0.1, -0.05) is 24.3 Å². The van der Waals surface area contributed by atoms with E-state index in [1.165, 1.54) is 21.8 Å². The Morgan fingerprint density at radius 3 is 2.35 bits per heavy atom. The molecule has 1 aliphatic rings. The van der Waals surface area contributed by atoms with Crippen LogP contribution < -0.4 is 15.4 Å². The van der Waals surface area contributed by atoms with Gasteiger partial charge in [0.15, 0.2) is 0 Å². The maximum atomic E-state index is 13.4. The standard InChI is InChI=1S/C33H46N6O7/c1-23-10-6-7-11-26(23)34-32(44)35-27-14-13-25(21-28(27)46-5)22-30(41)36(3)18-19-37(4)33(45)39(24(2)20-31(42)43)17-9-16-38-15-8-12-29(38)40/h6-7,10-11,13-14,21,24H,8-9,12,15-20,22H2,1-5H3,(H,42,43)(H2,34,35,44). The molecule has 3 rings (SSSR count). The molecule has 1 fully saturated rings. The van der Waals surface area contributed by atoms with Crippen molar-refractivity contribution in [2.45, 2.75) is 52.0 Å².